The molecule has 0 bridgehead atoms. The van der Waals surface area contributed by atoms with Gasteiger partial charge in [-0.2, -0.15) is 0 Å². The zero-order valence-corrected chi connectivity index (χ0v) is 10.1. The Kier molecular flexibility index (Phi) is 3.76. The molecule has 2 rings (SSSR count). The molecule has 0 amide bonds. The average molecular weight is 234 g/mol. The Morgan fingerprint density at radius 2 is 2.12 bits per heavy atom. The fourth-order valence-corrected chi connectivity index (χ4v) is 2.04. The summed E-state index contributed by atoms with van der Waals surface area (Å²) >= 11 is 0. The average Bonchev–Trinajstić information content (AvgIpc) is 2.33. The molecule has 0 unspecified atom stereocenters. The number of rotatable bonds is 3. The van der Waals surface area contributed by atoms with Gasteiger partial charge in [0.15, 0.2) is 5.78 Å². The quantitative estimate of drug-likeness (QED) is 0.766. The van der Waals surface area contributed by atoms with Gasteiger partial charge < -0.3 is 10.4 Å². The maximum absolute atomic E-state index is 11.3. The lowest BCUT2D eigenvalue weighted by Crippen LogP contribution is -2.42. The number of phenolic OH excluding ortho intramolecular Hbond substituents is 1. The first-order valence-corrected chi connectivity index (χ1v) is 5.93. The molecule has 1 aliphatic rings. The highest BCUT2D eigenvalue weighted by Gasteiger charge is 2.13. The smallest absolute Gasteiger partial charge is 0.159 e. The molecule has 2 N–H and O–H groups in total. The lowest BCUT2D eigenvalue weighted by Gasteiger charge is -2.27. The van der Waals surface area contributed by atoms with Gasteiger partial charge in [0.05, 0.1) is 0 Å². The van der Waals surface area contributed by atoms with Crippen LogP contribution in [0.3, 0.4) is 0 Å². The topological polar surface area (TPSA) is 52.6 Å². The number of carbonyl (C=O) groups is 1. The van der Waals surface area contributed by atoms with E-state index in [1.54, 1.807) is 25.1 Å². The first-order chi connectivity index (χ1) is 8.16. The first-order valence-electron chi connectivity index (χ1n) is 5.93. The van der Waals surface area contributed by atoms with E-state index in [-0.39, 0.29) is 11.5 Å². The zero-order chi connectivity index (χ0) is 12.3. The van der Waals surface area contributed by atoms with Gasteiger partial charge in [-0.15, -0.1) is 0 Å². The molecule has 1 aromatic carbocycles. The van der Waals surface area contributed by atoms with E-state index in [4.69, 9.17) is 0 Å². The summed E-state index contributed by atoms with van der Waals surface area (Å²) in [7, 11) is 0. The molecule has 0 aliphatic carbocycles. The normalized spacial score (nSPS) is 17.0. The summed E-state index contributed by atoms with van der Waals surface area (Å²) in [5.74, 6) is 0.306. The highest BCUT2D eigenvalue weighted by atomic mass is 16.3. The third kappa shape index (κ3) is 3.05. The van der Waals surface area contributed by atoms with E-state index < -0.39 is 0 Å². The molecule has 1 saturated heterocycles. The van der Waals surface area contributed by atoms with Gasteiger partial charge >= 0.3 is 0 Å². The van der Waals surface area contributed by atoms with Crippen LogP contribution in [0.4, 0.5) is 0 Å². The summed E-state index contributed by atoms with van der Waals surface area (Å²) in [5, 5.41) is 13.1. The van der Waals surface area contributed by atoms with Crippen molar-refractivity contribution in [3.8, 4) is 5.75 Å². The number of piperazine rings is 1. The number of Topliss-reactive ketones (excluding diaryl/α,β-unsaturated/α-hetero) is 1. The van der Waals surface area contributed by atoms with Crippen molar-refractivity contribution in [2.45, 2.75) is 13.5 Å². The van der Waals surface area contributed by atoms with Gasteiger partial charge in [-0.3, -0.25) is 9.69 Å². The van der Waals surface area contributed by atoms with Crippen LogP contribution in [0.25, 0.3) is 0 Å². The molecule has 1 aliphatic heterocycles. The second-order valence-corrected chi connectivity index (χ2v) is 4.43. The minimum absolute atomic E-state index is 0.0339. The summed E-state index contributed by atoms with van der Waals surface area (Å²) < 4.78 is 0. The molecule has 4 nitrogen and oxygen atoms in total. The summed E-state index contributed by atoms with van der Waals surface area (Å²) in [6.45, 7) is 6.16. The molecule has 0 spiro atoms. The molecule has 1 fully saturated rings. The van der Waals surface area contributed by atoms with E-state index in [9.17, 15) is 9.90 Å². The van der Waals surface area contributed by atoms with Crippen LogP contribution in [-0.4, -0.2) is 42.0 Å². The number of ketones is 1. The van der Waals surface area contributed by atoms with Crippen LogP contribution in [0.5, 0.6) is 5.75 Å². The summed E-state index contributed by atoms with van der Waals surface area (Å²) in [6, 6.07) is 5.06. The van der Waals surface area contributed by atoms with Gasteiger partial charge in [0, 0.05) is 43.9 Å². The number of carbonyl (C=O) groups excluding carboxylic acids is 1. The second kappa shape index (κ2) is 5.29. The number of phenols is 1. The summed E-state index contributed by atoms with van der Waals surface area (Å²) in [6.07, 6.45) is 0. The third-order valence-electron chi connectivity index (χ3n) is 3.09. The lowest BCUT2D eigenvalue weighted by molar-refractivity contribution is 0.101. The van der Waals surface area contributed by atoms with Crippen LogP contribution >= 0.6 is 0 Å². The number of benzene rings is 1. The van der Waals surface area contributed by atoms with Crippen LogP contribution in [0.2, 0.25) is 0 Å². The van der Waals surface area contributed by atoms with Crippen LogP contribution < -0.4 is 5.32 Å². The number of hydrogen-bond acceptors (Lipinski definition) is 4. The van der Waals surface area contributed by atoms with Crippen molar-refractivity contribution in [3.05, 3.63) is 29.3 Å². The van der Waals surface area contributed by atoms with Crippen molar-refractivity contribution < 1.29 is 9.90 Å². The lowest BCUT2D eigenvalue weighted by atomic mass is 10.1. The SMILES string of the molecule is CC(=O)c1ccc(O)c(CN2CCNCC2)c1. The van der Waals surface area contributed by atoms with Crippen molar-refractivity contribution in [1.29, 1.82) is 0 Å². The second-order valence-electron chi connectivity index (χ2n) is 4.43. The predicted octanol–water partition coefficient (Wildman–Crippen LogP) is 1.00. The van der Waals surface area contributed by atoms with Crippen molar-refractivity contribution >= 4 is 5.78 Å². The minimum atomic E-state index is 0.0339. The fraction of sp³-hybridized carbons (Fsp3) is 0.462. The molecule has 17 heavy (non-hydrogen) atoms. The number of nitrogens with zero attached hydrogens (tertiary/aromatic N) is 1. The van der Waals surface area contributed by atoms with Gasteiger partial charge in [0.25, 0.3) is 0 Å². The molecule has 0 saturated carbocycles. The van der Waals surface area contributed by atoms with E-state index in [0.29, 0.717) is 12.1 Å². The maximum atomic E-state index is 11.3. The molecular formula is C13H18N2O2. The van der Waals surface area contributed by atoms with Crippen LogP contribution in [0, 0.1) is 0 Å². The Balaban J connectivity index is 2.13. The van der Waals surface area contributed by atoms with Gasteiger partial charge in [0.2, 0.25) is 0 Å². The van der Waals surface area contributed by atoms with Crippen LogP contribution in [0.1, 0.15) is 22.8 Å². The maximum Gasteiger partial charge on any atom is 0.159 e. The van der Waals surface area contributed by atoms with Crippen LogP contribution in [-0.2, 0) is 6.54 Å². The predicted molar refractivity (Wildman–Crippen MR) is 66.3 cm³/mol. The Morgan fingerprint density at radius 1 is 1.41 bits per heavy atom. The molecule has 0 atom stereocenters. The van der Waals surface area contributed by atoms with Gasteiger partial charge in [-0.05, 0) is 25.1 Å². The Labute approximate surface area is 101 Å². The number of aromatic hydroxyl groups is 1. The number of nitrogens with one attached hydrogen (secondary N) is 1. The van der Waals surface area contributed by atoms with Crippen molar-refractivity contribution in [3.63, 3.8) is 0 Å². The van der Waals surface area contributed by atoms with E-state index in [1.807, 2.05) is 0 Å². The molecule has 1 heterocycles. The highest BCUT2D eigenvalue weighted by Crippen LogP contribution is 2.20. The Bertz CT molecular complexity index is 412. The van der Waals surface area contributed by atoms with Gasteiger partial charge in [-0.25, -0.2) is 0 Å². The largest absolute Gasteiger partial charge is 0.508 e. The summed E-state index contributed by atoms with van der Waals surface area (Å²) in [4.78, 5) is 13.6. The van der Waals surface area contributed by atoms with E-state index in [2.05, 4.69) is 10.2 Å². The minimum Gasteiger partial charge on any atom is -0.508 e. The standard InChI is InChI=1S/C13H18N2O2/c1-10(16)11-2-3-13(17)12(8-11)9-15-6-4-14-5-7-15/h2-3,8,14,17H,4-7,9H2,1H3. The van der Waals surface area contributed by atoms with Gasteiger partial charge in [0.1, 0.15) is 5.75 Å². The monoisotopic (exact) mass is 234 g/mol. The van der Waals surface area contributed by atoms with Crippen molar-refractivity contribution in [2.24, 2.45) is 0 Å². The molecule has 4 heteroatoms. The summed E-state index contributed by atoms with van der Waals surface area (Å²) in [5.41, 5.74) is 1.49. The number of hydrogen-bond donors (Lipinski definition) is 2. The Hall–Kier alpha value is -1.39. The van der Waals surface area contributed by atoms with Crippen molar-refractivity contribution in [2.75, 3.05) is 26.2 Å². The first kappa shape index (κ1) is 12.1. The molecule has 92 valence electrons. The molecule has 1 aromatic rings. The fourth-order valence-electron chi connectivity index (χ4n) is 2.04. The van der Waals surface area contributed by atoms with E-state index in [0.717, 1.165) is 31.7 Å². The van der Waals surface area contributed by atoms with E-state index in [1.165, 1.54) is 0 Å². The van der Waals surface area contributed by atoms with E-state index >= 15 is 0 Å². The molecular weight excluding hydrogens is 216 g/mol. The van der Waals surface area contributed by atoms with Gasteiger partial charge in [-0.1, -0.05) is 0 Å². The zero-order valence-electron chi connectivity index (χ0n) is 10.1. The molecule has 0 aromatic heterocycles. The van der Waals surface area contributed by atoms with Crippen LogP contribution in [0.15, 0.2) is 18.2 Å². The van der Waals surface area contributed by atoms with Crippen molar-refractivity contribution in [1.82, 2.24) is 10.2 Å². The Morgan fingerprint density at radius 3 is 2.76 bits per heavy atom. The third-order valence-corrected chi connectivity index (χ3v) is 3.09. The molecule has 0 radical (unpaired) electrons. The highest BCUT2D eigenvalue weighted by molar-refractivity contribution is 5.94.